The summed E-state index contributed by atoms with van der Waals surface area (Å²) in [5.41, 5.74) is 3.41. The monoisotopic (exact) mass is 420 g/mol. The van der Waals surface area contributed by atoms with Crippen LogP contribution in [0.2, 0.25) is 0 Å². The summed E-state index contributed by atoms with van der Waals surface area (Å²) < 4.78 is 30.6. The molecule has 0 amide bonds. The number of carbonyl (C=O) groups excluding carboxylic acids is 1. The van der Waals surface area contributed by atoms with Crippen molar-refractivity contribution in [3.05, 3.63) is 89.5 Å². The maximum absolute atomic E-state index is 12.3. The second kappa shape index (κ2) is 8.91. The first-order valence-corrected chi connectivity index (χ1v) is 10.5. The summed E-state index contributed by atoms with van der Waals surface area (Å²) in [5, 5.41) is 9.23. The van der Waals surface area contributed by atoms with Gasteiger partial charge in [-0.2, -0.15) is 5.26 Å². The van der Waals surface area contributed by atoms with Gasteiger partial charge in [0.1, 0.15) is 6.61 Å². The minimum atomic E-state index is -3.55. The van der Waals surface area contributed by atoms with Crippen LogP contribution in [0.1, 0.15) is 21.5 Å². The van der Waals surface area contributed by atoms with Crippen molar-refractivity contribution in [2.45, 2.75) is 11.5 Å². The van der Waals surface area contributed by atoms with Crippen LogP contribution >= 0.6 is 0 Å². The van der Waals surface area contributed by atoms with Crippen LogP contribution in [0.15, 0.2) is 77.7 Å². The fourth-order valence-electron chi connectivity index (χ4n) is 2.82. The summed E-state index contributed by atoms with van der Waals surface area (Å²) in [4.78, 5) is 12.4. The fourth-order valence-corrected chi connectivity index (χ4v) is 3.72. The van der Waals surface area contributed by atoms with Gasteiger partial charge in [0, 0.05) is 14.1 Å². The Morgan fingerprint density at radius 3 is 2.20 bits per heavy atom. The molecular weight excluding hydrogens is 400 g/mol. The summed E-state index contributed by atoms with van der Waals surface area (Å²) in [7, 11) is -0.653. The standard InChI is InChI=1S/C23H20N2O4S/c1-25(2)30(27,28)21-13-11-19(12-14-21)23(26)29-16-17-7-9-18(10-8-17)22-6-4-3-5-20(22)15-24/h3-14H,16H2,1-2H3. The van der Waals surface area contributed by atoms with Crippen LogP contribution in [0.25, 0.3) is 11.1 Å². The average Bonchev–Trinajstić information content (AvgIpc) is 2.77. The number of hydrogen-bond donors (Lipinski definition) is 0. The highest BCUT2D eigenvalue weighted by atomic mass is 32.2. The molecule has 0 aliphatic rings. The molecule has 30 heavy (non-hydrogen) atoms. The second-order valence-electron chi connectivity index (χ2n) is 6.74. The van der Waals surface area contributed by atoms with Crippen LogP contribution in [-0.2, 0) is 21.4 Å². The number of nitriles is 1. The number of nitrogens with zero attached hydrogens (tertiary/aromatic N) is 2. The summed E-state index contributed by atoms with van der Waals surface area (Å²) in [6, 6.07) is 22.6. The number of rotatable bonds is 6. The highest BCUT2D eigenvalue weighted by Crippen LogP contribution is 2.24. The Bertz CT molecular complexity index is 1190. The van der Waals surface area contributed by atoms with Gasteiger partial charge < -0.3 is 4.74 Å². The van der Waals surface area contributed by atoms with Crippen molar-refractivity contribution in [3.8, 4) is 17.2 Å². The SMILES string of the molecule is CN(C)S(=O)(=O)c1ccc(C(=O)OCc2ccc(-c3ccccc3C#N)cc2)cc1. The van der Waals surface area contributed by atoms with Gasteiger partial charge in [-0.05, 0) is 47.0 Å². The molecule has 0 fully saturated rings. The number of ether oxygens (including phenoxy) is 1. The molecule has 0 bridgehead atoms. The number of esters is 1. The first-order chi connectivity index (χ1) is 14.3. The van der Waals surface area contributed by atoms with Crippen LogP contribution in [0.5, 0.6) is 0 Å². The van der Waals surface area contributed by atoms with Gasteiger partial charge in [0.05, 0.1) is 22.1 Å². The van der Waals surface area contributed by atoms with E-state index in [0.717, 1.165) is 21.0 Å². The molecule has 3 aromatic rings. The minimum absolute atomic E-state index is 0.0801. The summed E-state index contributed by atoms with van der Waals surface area (Å²) >= 11 is 0. The number of hydrogen-bond acceptors (Lipinski definition) is 5. The minimum Gasteiger partial charge on any atom is -0.457 e. The van der Waals surface area contributed by atoms with Crippen molar-refractivity contribution in [3.63, 3.8) is 0 Å². The first-order valence-electron chi connectivity index (χ1n) is 9.11. The van der Waals surface area contributed by atoms with Crippen molar-refractivity contribution in [1.82, 2.24) is 4.31 Å². The molecule has 152 valence electrons. The molecule has 0 saturated carbocycles. The van der Waals surface area contributed by atoms with E-state index < -0.39 is 16.0 Å². The lowest BCUT2D eigenvalue weighted by Gasteiger charge is -2.11. The van der Waals surface area contributed by atoms with Crippen LogP contribution < -0.4 is 0 Å². The molecule has 0 aliphatic carbocycles. The van der Waals surface area contributed by atoms with Crippen molar-refractivity contribution >= 4 is 16.0 Å². The smallest absolute Gasteiger partial charge is 0.338 e. The second-order valence-corrected chi connectivity index (χ2v) is 8.89. The lowest BCUT2D eigenvalue weighted by molar-refractivity contribution is 0.0472. The predicted octanol–water partition coefficient (Wildman–Crippen LogP) is 3.83. The van der Waals surface area contributed by atoms with E-state index >= 15 is 0 Å². The van der Waals surface area contributed by atoms with Gasteiger partial charge >= 0.3 is 5.97 Å². The van der Waals surface area contributed by atoms with Gasteiger partial charge in [-0.3, -0.25) is 0 Å². The third-order valence-electron chi connectivity index (χ3n) is 4.55. The molecule has 0 heterocycles. The average molecular weight is 420 g/mol. The molecule has 0 N–H and O–H groups in total. The molecule has 3 aromatic carbocycles. The van der Waals surface area contributed by atoms with Crippen molar-refractivity contribution in [2.75, 3.05) is 14.1 Å². The summed E-state index contributed by atoms with van der Waals surface area (Å²) in [5.74, 6) is -0.539. The zero-order valence-corrected chi connectivity index (χ0v) is 17.4. The third kappa shape index (κ3) is 4.57. The molecule has 0 aromatic heterocycles. The van der Waals surface area contributed by atoms with E-state index in [9.17, 15) is 18.5 Å². The molecule has 6 nitrogen and oxygen atoms in total. The highest BCUT2D eigenvalue weighted by molar-refractivity contribution is 7.89. The Kier molecular flexibility index (Phi) is 6.31. The molecule has 0 aliphatic heterocycles. The van der Waals surface area contributed by atoms with Gasteiger partial charge in [-0.1, -0.05) is 42.5 Å². The highest BCUT2D eigenvalue weighted by Gasteiger charge is 2.18. The molecule has 0 spiro atoms. The van der Waals surface area contributed by atoms with E-state index in [0.29, 0.717) is 5.56 Å². The summed E-state index contributed by atoms with van der Waals surface area (Å²) in [6.45, 7) is 0.0801. The number of sulfonamides is 1. The predicted molar refractivity (Wildman–Crippen MR) is 113 cm³/mol. The lowest BCUT2D eigenvalue weighted by atomic mass is 9.99. The first kappa shape index (κ1) is 21.2. The molecule has 0 atom stereocenters. The quantitative estimate of drug-likeness (QED) is 0.566. The van der Waals surface area contributed by atoms with Crippen molar-refractivity contribution in [2.24, 2.45) is 0 Å². The zero-order chi connectivity index (χ0) is 21.7. The van der Waals surface area contributed by atoms with Crippen LogP contribution in [0.3, 0.4) is 0 Å². The van der Waals surface area contributed by atoms with E-state index in [1.54, 1.807) is 6.07 Å². The van der Waals surface area contributed by atoms with Gasteiger partial charge in [0.15, 0.2) is 0 Å². The Morgan fingerprint density at radius 1 is 0.967 bits per heavy atom. The lowest BCUT2D eigenvalue weighted by Crippen LogP contribution is -2.22. The number of carbonyl (C=O) groups is 1. The summed E-state index contributed by atoms with van der Waals surface area (Å²) in [6.07, 6.45) is 0. The van der Waals surface area contributed by atoms with Crippen LogP contribution in [-0.4, -0.2) is 32.8 Å². The maximum Gasteiger partial charge on any atom is 0.338 e. The van der Waals surface area contributed by atoms with Gasteiger partial charge in [-0.15, -0.1) is 0 Å². The van der Waals surface area contributed by atoms with E-state index in [1.165, 1.54) is 38.4 Å². The molecular formula is C23H20N2O4S. The Hall–Kier alpha value is -3.47. The fraction of sp³-hybridized carbons (Fsp3) is 0.130. The van der Waals surface area contributed by atoms with Gasteiger partial charge in [0.25, 0.3) is 0 Å². The molecule has 7 heteroatoms. The van der Waals surface area contributed by atoms with Crippen LogP contribution in [0.4, 0.5) is 0 Å². The Morgan fingerprint density at radius 2 is 1.60 bits per heavy atom. The third-order valence-corrected chi connectivity index (χ3v) is 6.38. The van der Waals surface area contributed by atoms with Crippen molar-refractivity contribution in [1.29, 1.82) is 5.26 Å². The van der Waals surface area contributed by atoms with Gasteiger partial charge in [0.2, 0.25) is 10.0 Å². The Labute approximate surface area is 176 Å². The van der Waals surface area contributed by atoms with E-state index in [-0.39, 0.29) is 17.1 Å². The maximum atomic E-state index is 12.3. The van der Waals surface area contributed by atoms with E-state index in [4.69, 9.17) is 4.74 Å². The van der Waals surface area contributed by atoms with Gasteiger partial charge in [-0.25, -0.2) is 17.5 Å². The van der Waals surface area contributed by atoms with E-state index in [2.05, 4.69) is 6.07 Å². The molecule has 0 unspecified atom stereocenters. The zero-order valence-electron chi connectivity index (χ0n) is 16.6. The molecule has 3 rings (SSSR count). The Balaban J connectivity index is 1.66. The normalized spacial score (nSPS) is 11.1. The largest absolute Gasteiger partial charge is 0.457 e. The van der Waals surface area contributed by atoms with E-state index in [1.807, 2.05) is 42.5 Å². The number of benzene rings is 3. The molecule has 0 radical (unpaired) electrons. The molecule has 0 saturated heterocycles. The topological polar surface area (TPSA) is 87.5 Å². The van der Waals surface area contributed by atoms with Crippen molar-refractivity contribution < 1.29 is 17.9 Å². The van der Waals surface area contributed by atoms with Crippen LogP contribution in [0, 0.1) is 11.3 Å².